The van der Waals surface area contributed by atoms with Gasteiger partial charge in [0, 0.05) is 28.9 Å². The van der Waals surface area contributed by atoms with Crippen LogP contribution in [0.3, 0.4) is 0 Å². The molecule has 24 heavy (non-hydrogen) atoms. The van der Waals surface area contributed by atoms with E-state index in [4.69, 9.17) is 12.2 Å². The predicted molar refractivity (Wildman–Crippen MR) is 99.4 cm³/mol. The van der Waals surface area contributed by atoms with E-state index in [1.807, 2.05) is 30.3 Å². The van der Waals surface area contributed by atoms with Crippen LogP contribution in [0.25, 0.3) is 21.7 Å². The number of aromatic nitrogens is 3. The average molecular weight is 332 g/mol. The highest BCUT2D eigenvalue weighted by atomic mass is 32.1. The minimum absolute atomic E-state index is 0.207. The monoisotopic (exact) mass is 332 g/mol. The third-order valence-corrected chi connectivity index (χ3v) is 4.05. The molecule has 0 aliphatic heterocycles. The Morgan fingerprint density at radius 2 is 1.92 bits per heavy atom. The van der Waals surface area contributed by atoms with Crippen molar-refractivity contribution >= 4 is 44.6 Å². The van der Waals surface area contributed by atoms with Crippen LogP contribution in [-0.2, 0) is 0 Å². The van der Waals surface area contributed by atoms with Crippen LogP contribution in [0, 0.1) is 0 Å². The van der Waals surface area contributed by atoms with Crippen molar-refractivity contribution in [3.63, 3.8) is 0 Å². The van der Waals surface area contributed by atoms with Crippen LogP contribution in [0.1, 0.15) is 5.82 Å². The molecular weight excluding hydrogens is 320 g/mol. The molecule has 0 saturated heterocycles. The molecule has 0 radical (unpaired) electrons. The van der Waals surface area contributed by atoms with E-state index in [9.17, 15) is 4.79 Å². The fraction of sp³-hybridized carbons (Fsp3) is 0. The van der Waals surface area contributed by atoms with Gasteiger partial charge in [0.1, 0.15) is 4.99 Å². The molecule has 4 aromatic rings. The molecule has 2 N–H and O–H groups in total. The summed E-state index contributed by atoms with van der Waals surface area (Å²) in [6.45, 7) is 0. The Hall–Kier alpha value is -3.12. The van der Waals surface area contributed by atoms with Gasteiger partial charge in [0.15, 0.2) is 5.82 Å². The number of nitrogens with one attached hydrogen (secondary N) is 2. The maximum atomic E-state index is 12.2. The lowest BCUT2D eigenvalue weighted by Gasteiger charge is -2.10. The number of para-hydroxylation sites is 1. The van der Waals surface area contributed by atoms with Crippen molar-refractivity contribution in [1.82, 2.24) is 15.0 Å². The molecule has 0 aliphatic carbocycles. The third-order valence-electron chi connectivity index (χ3n) is 3.76. The summed E-state index contributed by atoms with van der Waals surface area (Å²) >= 11 is 5.43. The van der Waals surface area contributed by atoms with Crippen LogP contribution in [0.15, 0.2) is 65.7 Å². The molecule has 0 amide bonds. The van der Waals surface area contributed by atoms with E-state index in [0.717, 1.165) is 16.5 Å². The second kappa shape index (κ2) is 5.82. The van der Waals surface area contributed by atoms with Gasteiger partial charge in [0.05, 0.1) is 10.9 Å². The number of anilines is 1. The van der Waals surface area contributed by atoms with Crippen molar-refractivity contribution in [3.05, 3.63) is 77.1 Å². The number of aromatic amines is 1. The summed E-state index contributed by atoms with van der Waals surface area (Å²) in [4.78, 5) is 23.8. The molecule has 0 bridgehead atoms. The lowest BCUT2D eigenvalue weighted by atomic mass is 10.1. The smallest absolute Gasteiger partial charge is 0.259 e. The Kier molecular flexibility index (Phi) is 3.51. The standard InChI is InChI=1S/C18H12N4OS/c23-17-13-5-1-2-6-15(13)20-16(22-17)18(24)21-14-7-3-4-11-10-19-9-8-12(11)14/h1-10H,(H,21,24)(H,20,22,23). The molecule has 2 heterocycles. The van der Waals surface area contributed by atoms with Crippen molar-refractivity contribution in [2.75, 3.05) is 5.32 Å². The van der Waals surface area contributed by atoms with Gasteiger partial charge in [-0.15, -0.1) is 0 Å². The minimum atomic E-state index is -0.207. The minimum Gasteiger partial charge on any atom is -0.343 e. The molecule has 0 fully saturated rings. The molecule has 6 heteroatoms. The van der Waals surface area contributed by atoms with E-state index in [0.29, 0.717) is 21.7 Å². The highest BCUT2D eigenvalue weighted by molar-refractivity contribution is 7.81. The summed E-state index contributed by atoms with van der Waals surface area (Å²) in [5, 5.41) is 5.71. The zero-order valence-corrected chi connectivity index (χ0v) is 13.3. The number of benzene rings is 2. The van der Waals surface area contributed by atoms with Gasteiger partial charge in [-0.05, 0) is 24.3 Å². The fourth-order valence-corrected chi connectivity index (χ4v) is 2.81. The number of pyridine rings is 1. The fourth-order valence-electron chi connectivity index (χ4n) is 2.61. The quantitative estimate of drug-likeness (QED) is 0.551. The maximum absolute atomic E-state index is 12.2. The Bertz CT molecular complexity index is 1130. The molecule has 2 aromatic carbocycles. The first-order chi connectivity index (χ1) is 11.7. The topological polar surface area (TPSA) is 70.7 Å². The van der Waals surface area contributed by atoms with E-state index in [-0.39, 0.29) is 5.56 Å². The number of hydrogen-bond donors (Lipinski definition) is 2. The Morgan fingerprint density at radius 3 is 2.83 bits per heavy atom. The summed E-state index contributed by atoms with van der Waals surface area (Å²) in [6.07, 6.45) is 3.52. The van der Waals surface area contributed by atoms with E-state index in [1.165, 1.54) is 0 Å². The van der Waals surface area contributed by atoms with Crippen LogP contribution in [0.5, 0.6) is 0 Å². The van der Waals surface area contributed by atoms with Gasteiger partial charge in [-0.25, -0.2) is 4.98 Å². The van der Waals surface area contributed by atoms with Crippen molar-refractivity contribution in [1.29, 1.82) is 0 Å². The van der Waals surface area contributed by atoms with E-state index < -0.39 is 0 Å². The predicted octanol–water partition coefficient (Wildman–Crippen LogP) is 3.26. The second-order valence-corrected chi connectivity index (χ2v) is 5.70. The first kappa shape index (κ1) is 14.5. The number of hydrogen-bond acceptors (Lipinski definition) is 4. The molecule has 0 aliphatic rings. The molecule has 5 nitrogen and oxygen atoms in total. The zero-order chi connectivity index (χ0) is 16.5. The summed E-state index contributed by atoms with van der Waals surface area (Å²) in [5.74, 6) is 0.347. The molecule has 0 unspecified atom stereocenters. The van der Waals surface area contributed by atoms with Gasteiger partial charge in [-0.1, -0.05) is 36.5 Å². The number of nitrogens with zero attached hydrogens (tertiary/aromatic N) is 2. The second-order valence-electron chi connectivity index (χ2n) is 5.29. The average Bonchev–Trinajstić information content (AvgIpc) is 2.62. The van der Waals surface area contributed by atoms with Crippen LogP contribution in [0.2, 0.25) is 0 Å². The zero-order valence-electron chi connectivity index (χ0n) is 12.5. The number of rotatable bonds is 2. The van der Waals surface area contributed by atoms with Crippen molar-refractivity contribution in [3.8, 4) is 0 Å². The molecule has 0 saturated carbocycles. The molecule has 0 atom stereocenters. The van der Waals surface area contributed by atoms with Gasteiger partial charge >= 0.3 is 0 Å². The van der Waals surface area contributed by atoms with E-state index in [1.54, 1.807) is 30.6 Å². The highest BCUT2D eigenvalue weighted by Gasteiger charge is 2.09. The van der Waals surface area contributed by atoms with Gasteiger partial charge in [-0.2, -0.15) is 0 Å². The Balaban J connectivity index is 1.75. The molecule has 116 valence electrons. The van der Waals surface area contributed by atoms with E-state index >= 15 is 0 Å². The van der Waals surface area contributed by atoms with Crippen LogP contribution in [0.4, 0.5) is 5.69 Å². The van der Waals surface area contributed by atoms with Crippen LogP contribution < -0.4 is 10.9 Å². The van der Waals surface area contributed by atoms with Crippen LogP contribution >= 0.6 is 12.2 Å². The molecule has 0 spiro atoms. The summed E-state index contributed by atoms with van der Waals surface area (Å²) in [6, 6.07) is 14.9. The Labute approximate surface area is 142 Å². The van der Waals surface area contributed by atoms with E-state index in [2.05, 4.69) is 20.3 Å². The first-order valence-corrected chi connectivity index (χ1v) is 7.76. The SMILES string of the molecule is O=c1[nH]c(C(=S)Nc2cccc3cnccc23)nc2ccccc12. The lowest BCUT2D eigenvalue weighted by molar-refractivity contribution is 1.14. The lowest BCUT2D eigenvalue weighted by Crippen LogP contribution is -2.20. The van der Waals surface area contributed by atoms with Crippen molar-refractivity contribution in [2.45, 2.75) is 0 Å². The normalized spacial score (nSPS) is 10.8. The van der Waals surface area contributed by atoms with Crippen molar-refractivity contribution in [2.24, 2.45) is 0 Å². The highest BCUT2D eigenvalue weighted by Crippen LogP contribution is 2.22. The number of fused-ring (bicyclic) bond motifs is 2. The largest absolute Gasteiger partial charge is 0.343 e. The maximum Gasteiger partial charge on any atom is 0.259 e. The van der Waals surface area contributed by atoms with Gasteiger partial charge in [-0.3, -0.25) is 9.78 Å². The van der Waals surface area contributed by atoms with Gasteiger partial charge < -0.3 is 10.3 Å². The first-order valence-electron chi connectivity index (χ1n) is 7.35. The van der Waals surface area contributed by atoms with Gasteiger partial charge in [0.25, 0.3) is 5.56 Å². The number of H-pyrrole nitrogens is 1. The van der Waals surface area contributed by atoms with Gasteiger partial charge in [0.2, 0.25) is 0 Å². The molecular formula is C18H12N4OS. The van der Waals surface area contributed by atoms with Crippen molar-refractivity contribution < 1.29 is 0 Å². The molecule has 4 rings (SSSR count). The summed E-state index contributed by atoms with van der Waals surface area (Å²) in [5.41, 5.74) is 1.25. The number of thiocarbonyl (C=S) groups is 1. The molecule has 2 aromatic heterocycles. The summed E-state index contributed by atoms with van der Waals surface area (Å²) in [7, 11) is 0. The Morgan fingerprint density at radius 1 is 1.04 bits per heavy atom. The summed E-state index contributed by atoms with van der Waals surface area (Å²) < 4.78 is 0. The van der Waals surface area contributed by atoms with Crippen LogP contribution in [-0.4, -0.2) is 19.9 Å². The third kappa shape index (κ3) is 2.53.